The molecular weight excluding hydrogens is 426 g/mol. The molecule has 4 rings (SSSR count). The smallest absolute Gasteiger partial charge is 0.244 e. The number of hydrogen-bond acceptors (Lipinski definition) is 4. The van der Waals surface area contributed by atoms with Crippen LogP contribution in [-0.2, 0) is 25.0 Å². The summed E-state index contributed by atoms with van der Waals surface area (Å²) in [6.07, 6.45) is 1.72. The predicted octanol–water partition coefficient (Wildman–Crippen LogP) is 3.35. The van der Waals surface area contributed by atoms with Crippen molar-refractivity contribution < 1.29 is 18.0 Å². The Morgan fingerprint density at radius 1 is 1.09 bits per heavy atom. The van der Waals surface area contributed by atoms with Crippen molar-refractivity contribution in [3.05, 3.63) is 53.1 Å². The number of sulfonamides is 1. The first kappa shape index (κ1) is 22.5. The zero-order valence-electron chi connectivity index (χ0n) is 18.9. The van der Waals surface area contributed by atoms with Crippen LogP contribution in [0.2, 0.25) is 0 Å². The summed E-state index contributed by atoms with van der Waals surface area (Å²) < 4.78 is 27.5. The van der Waals surface area contributed by atoms with E-state index >= 15 is 0 Å². The second kappa shape index (κ2) is 8.01. The largest absolute Gasteiger partial charge is 0.324 e. The van der Waals surface area contributed by atoms with Crippen LogP contribution < -0.4 is 10.2 Å². The number of rotatable bonds is 5. The van der Waals surface area contributed by atoms with Crippen LogP contribution in [0.15, 0.2) is 41.3 Å². The Morgan fingerprint density at radius 2 is 1.78 bits per heavy atom. The maximum Gasteiger partial charge on any atom is 0.244 e. The fraction of sp³-hybridized carbons (Fsp3) is 0.417. The van der Waals surface area contributed by atoms with Crippen molar-refractivity contribution in [1.29, 1.82) is 0 Å². The summed E-state index contributed by atoms with van der Waals surface area (Å²) in [6, 6.07) is 10.5. The van der Waals surface area contributed by atoms with E-state index in [2.05, 4.69) is 5.32 Å². The first-order valence-electron chi connectivity index (χ1n) is 10.9. The van der Waals surface area contributed by atoms with Gasteiger partial charge in [0.25, 0.3) is 0 Å². The van der Waals surface area contributed by atoms with E-state index in [0.717, 1.165) is 24.0 Å². The number of anilines is 2. The number of hydrogen-bond donors (Lipinski definition) is 1. The highest BCUT2D eigenvalue weighted by Gasteiger charge is 2.45. The number of nitrogens with zero attached hydrogens (tertiary/aromatic N) is 2. The third-order valence-corrected chi connectivity index (χ3v) is 8.49. The molecule has 0 atom stereocenters. The monoisotopic (exact) mass is 455 g/mol. The van der Waals surface area contributed by atoms with Gasteiger partial charge in [-0.25, -0.2) is 8.42 Å². The van der Waals surface area contributed by atoms with Crippen molar-refractivity contribution in [1.82, 2.24) is 4.31 Å². The number of amides is 2. The molecule has 2 aliphatic heterocycles. The summed E-state index contributed by atoms with van der Waals surface area (Å²) >= 11 is 0. The summed E-state index contributed by atoms with van der Waals surface area (Å²) in [5.74, 6) is -0.524. The summed E-state index contributed by atoms with van der Waals surface area (Å²) in [6.45, 7) is 8.35. The van der Waals surface area contributed by atoms with Crippen LogP contribution in [0.25, 0.3) is 0 Å². The third-order valence-electron chi connectivity index (χ3n) is 6.60. The van der Waals surface area contributed by atoms with Crippen molar-refractivity contribution in [2.75, 3.05) is 29.9 Å². The molecule has 32 heavy (non-hydrogen) atoms. The summed E-state index contributed by atoms with van der Waals surface area (Å²) in [5.41, 5.74) is 3.04. The van der Waals surface area contributed by atoms with E-state index in [0.29, 0.717) is 30.0 Å². The fourth-order valence-corrected chi connectivity index (χ4v) is 5.97. The Balaban J connectivity index is 1.62. The minimum atomic E-state index is -3.59. The SMILES string of the molecule is Cc1cccc(NC(=O)CN2C(=O)C(C)(C)c3cc(S(=O)(=O)N4CCCC4)ccc32)c1C. The minimum Gasteiger partial charge on any atom is -0.324 e. The predicted molar refractivity (Wildman–Crippen MR) is 124 cm³/mol. The maximum absolute atomic E-state index is 13.2. The lowest BCUT2D eigenvalue weighted by molar-refractivity contribution is -0.124. The van der Waals surface area contributed by atoms with Crippen LogP contribution >= 0.6 is 0 Å². The number of carbonyl (C=O) groups excluding carboxylic acids is 2. The van der Waals surface area contributed by atoms with Gasteiger partial charge in [-0.3, -0.25) is 9.59 Å². The van der Waals surface area contributed by atoms with E-state index in [9.17, 15) is 18.0 Å². The van der Waals surface area contributed by atoms with Gasteiger partial charge in [0.15, 0.2) is 0 Å². The highest BCUT2D eigenvalue weighted by molar-refractivity contribution is 7.89. The summed E-state index contributed by atoms with van der Waals surface area (Å²) in [5, 5.41) is 2.89. The molecule has 0 aliphatic carbocycles. The standard InChI is InChI=1S/C24H29N3O4S/c1-16-8-7-9-20(17(16)2)25-22(28)15-27-21-11-10-18(14-19(21)24(3,4)23(27)29)32(30,31)26-12-5-6-13-26/h7-11,14H,5-6,12-13,15H2,1-4H3,(H,25,28). The van der Waals surface area contributed by atoms with E-state index in [1.54, 1.807) is 26.0 Å². The molecule has 0 saturated carbocycles. The van der Waals surface area contributed by atoms with Gasteiger partial charge in [0.05, 0.1) is 10.3 Å². The first-order valence-corrected chi connectivity index (χ1v) is 12.3. The minimum absolute atomic E-state index is 0.138. The van der Waals surface area contributed by atoms with Crippen LogP contribution in [-0.4, -0.2) is 44.2 Å². The van der Waals surface area contributed by atoms with E-state index in [1.807, 2.05) is 32.0 Å². The second-order valence-corrected chi connectivity index (χ2v) is 11.0. The molecule has 0 spiro atoms. The van der Waals surface area contributed by atoms with Crippen molar-refractivity contribution in [2.45, 2.75) is 50.8 Å². The molecule has 0 unspecified atom stereocenters. The molecule has 170 valence electrons. The van der Waals surface area contributed by atoms with Crippen molar-refractivity contribution >= 4 is 33.2 Å². The lowest BCUT2D eigenvalue weighted by atomic mass is 9.86. The van der Waals surface area contributed by atoms with Gasteiger partial charge in [-0.05, 0) is 81.5 Å². The topological polar surface area (TPSA) is 86.8 Å². The molecule has 2 aromatic carbocycles. The van der Waals surface area contributed by atoms with Gasteiger partial charge in [-0.15, -0.1) is 0 Å². The van der Waals surface area contributed by atoms with E-state index in [4.69, 9.17) is 0 Å². The van der Waals surface area contributed by atoms with Gasteiger partial charge >= 0.3 is 0 Å². The van der Waals surface area contributed by atoms with E-state index in [1.165, 1.54) is 15.3 Å². The zero-order chi connectivity index (χ0) is 23.3. The summed E-state index contributed by atoms with van der Waals surface area (Å²) in [7, 11) is -3.59. The van der Waals surface area contributed by atoms with Gasteiger partial charge in [0, 0.05) is 24.5 Å². The zero-order valence-corrected chi connectivity index (χ0v) is 19.8. The van der Waals surface area contributed by atoms with Crippen molar-refractivity contribution in [3.63, 3.8) is 0 Å². The van der Waals surface area contributed by atoms with E-state index < -0.39 is 15.4 Å². The average molecular weight is 456 g/mol. The molecular formula is C24H29N3O4S. The third kappa shape index (κ3) is 3.71. The van der Waals surface area contributed by atoms with E-state index in [-0.39, 0.29) is 23.3 Å². The quantitative estimate of drug-likeness (QED) is 0.749. The second-order valence-electron chi connectivity index (χ2n) is 9.10. The Bertz CT molecular complexity index is 1200. The average Bonchev–Trinajstić information content (AvgIpc) is 3.35. The molecule has 8 heteroatoms. The Hall–Kier alpha value is -2.71. The van der Waals surface area contributed by atoms with Crippen molar-refractivity contribution in [2.24, 2.45) is 0 Å². The molecule has 2 heterocycles. The number of aryl methyl sites for hydroxylation is 1. The van der Waals surface area contributed by atoms with Gasteiger partial charge in [-0.1, -0.05) is 12.1 Å². The Morgan fingerprint density at radius 3 is 2.47 bits per heavy atom. The molecule has 1 fully saturated rings. The van der Waals surface area contributed by atoms with Crippen LogP contribution in [0.1, 0.15) is 43.4 Å². The molecule has 0 bridgehead atoms. The number of carbonyl (C=O) groups is 2. The van der Waals surface area contributed by atoms with Gasteiger partial charge in [-0.2, -0.15) is 4.31 Å². The molecule has 2 aromatic rings. The molecule has 0 radical (unpaired) electrons. The van der Waals surface area contributed by atoms with Gasteiger partial charge in [0.2, 0.25) is 21.8 Å². The van der Waals surface area contributed by atoms with Crippen LogP contribution in [0.3, 0.4) is 0 Å². The van der Waals surface area contributed by atoms with Crippen molar-refractivity contribution in [3.8, 4) is 0 Å². The highest BCUT2D eigenvalue weighted by atomic mass is 32.2. The normalized spacial score (nSPS) is 18.1. The Labute approximate surface area is 189 Å². The molecule has 2 aliphatic rings. The number of benzene rings is 2. The maximum atomic E-state index is 13.2. The van der Waals surface area contributed by atoms with Crippen LogP contribution in [0.4, 0.5) is 11.4 Å². The molecule has 1 saturated heterocycles. The molecule has 7 nitrogen and oxygen atoms in total. The Kier molecular flexibility index (Phi) is 5.63. The fourth-order valence-electron chi connectivity index (χ4n) is 4.43. The molecule has 1 N–H and O–H groups in total. The number of nitrogens with one attached hydrogen (secondary N) is 1. The lowest BCUT2D eigenvalue weighted by Gasteiger charge is -2.20. The molecule has 2 amide bonds. The van der Waals surface area contributed by atoms with Crippen LogP contribution in [0, 0.1) is 13.8 Å². The van der Waals surface area contributed by atoms with Gasteiger partial charge < -0.3 is 10.2 Å². The molecule has 0 aromatic heterocycles. The number of fused-ring (bicyclic) bond motifs is 1. The van der Waals surface area contributed by atoms with Gasteiger partial charge in [0.1, 0.15) is 6.54 Å². The van der Waals surface area contributed by atoms with Crippen LogP contribution in [0.5, 0.6) is 0 Å². The first-order chi connectivity index (χ1) is 15.0. The summed E-state index contributed by atoms with van der Waals surface area (Å²) in [4.78, 5) is 27.6. The lowest BCUT2D eigenvalue weighted by Crippen LogP contribution is -2.40. The highest BCUT2D eigenvalue weighted by Crippen LogP contribution is 2.43.